The summed E-state index contributed by atoms with van der Waals surface area (Å²) in [5.74, 6) is -1.10. The third-order valence-corrected chi connectivity index (χ3v) is 7.28. The van der Waals surface area contributed by atoms with Gasteiger partial charge in [0, 0.05) is 10.7 Å². The molecule has 0 spiro atoms. The van der Waals surface area contributed by atoms with E-state index >= 15 is 0 Å². The van der Waals surface area contributed by atoms with E-state index in [0.29, 0.717) is 16.3 Å². The van der Waals surface area contributed by atoms with Crippen molar-refractivity contribution >= 4 is 44.9 Å². The predicted octanol–water partition coefficient (Wildman–Crippen LogP) is 4.97. The van der Waals surface area contributed by atoms with Crippen molar-refractivity contribution < 1.29 is 22.7 Å². The molecule has 178 valence electrons. The van der Waals surface area contributed by atoms with Gasteiger partial charge in [0.25, 0.3) is 10.0 Å². The zero-order valence-electron chi connectivity index (χ0n) is 19.0. The van der Waals surface area contributed by atoms with Gasteiger partial charge < -0.3 is 10.1 Å². The standard InChI is InChI=1S/C25H25ClN2O5S/c1-4-33-25(30)19-12-10-18(3)23(14-19)27-24(29)16-28(20-13-11-17(2)22(26)15-20)34(31,32)21-8-6-5-7-9-21/h5-15H,4,16H2,1-3H3,(H,27,29). The molecule has 0 unspecified atom stereocenters. The van der Waals surface area contributed by atoms with E-state index in [9.17, 15) is 18.0 Å². The second-order valence-electron chi connectivity index (χ2n) is 7.56. The fraction of sp³-hybridized carbons (Fsp3) is 0.200. The number of carbonyl (C=O) groups excluding carboxylic acids is 2. The molecule has 0 atom stereocenters. The van der Waals surface area contributed by atoms with E-state index in [1.165, 1.54) is 24.3 Å². The van der Waals surface area contributed by atoms with E-state index in [0.717, 1.165) is 9.87 Å². The number of carbonyl (C=O) groups is 2. The third-order valence-electron chi connectivity index (χ3n) is 5.08. The number of ether oxygens (including phenoxy) is 1. The van der Waals surface area contributed by atoms with Gasteiger partial charge in [-0.05, 0) is 68.3 Å². The predicted molar refractivity (Wildman–Crippen MR) is 133 cm³/mol. The molecule has 0 saturated carbocycles. The number of nitrogens with one attached hydrogen (secondary N) is 1. The van der Waals surface area contributed by atoms with E-state index in [1.807, 2.05) is 0 Å². The molecule has 7 nitrogen and oxygen atoms in total. The SMILES string of the molecule is CCOC(=O)c1ccc(C)c(NC(=O)CN(c2ccc(C)c(Cl)c2)S(=O)(=O)c2ccccc2)c1. The van der Waals surface area contributed by atoms with E-state index in [-0.39, 0.29) is 22.8 Å². The number of sulfonamides is 1. The Balaban J connectivity index is 1.94. The largest absolute Gasteiger partial charge is 0.462 e. The van der Waals surface area contributed by atoms with Crippen molar-refractivity contribution in [2.75, 3.05) is 22.8 Å². The molecular weight excluding hydrogens is 476 g/mol. The van der Waals surface area contributed by atoms with Gasteiger partial charge in [-0.15, -0.1) is 0 Å². The van der Waals surface area contributed by atoms with E-state index in [4.69, 9.17) is 16.3 Å². The van der Waals surface area contributed by atoms with Gasteiger partial charge in [-0.1, -0.05) is 41.9 Å². The van der Waals surface area contributed by atoms with Crippen LogP contribution in [0.3, 0.4) is 0 Å². The van der Waals surface area contributed by atoms with Crippen molar-refractivity contribution in [3.63, 3.8) is 0 Å². The molecule has 0 aromatic heterocycles. The molecule has 34 heavy (non-hydrogen) atoms. The lowest BCUT2D eigenvalue weighted by Crippen LogP contribution is -2.38. The zero-order valence-corrected chi connectivity index (χ0v) is 20.6. The number of amides is 1. The summed E-state index contributed by atoms with van der Waals surface area (Å²) in [5.41, 5.74) is 2.40. The first-order valence-electron chi connectivity index (χ1n) is 10.5. The number of hydrogen-bond donors (Lipinski definition) is 1. The molecule has 9 heteroatoms. The average molecular weight is 501 g/mol. The van der Waals surface area contributed by atoms with Gasteiger partial charge in [0.05, 0.1) is 22.8 Å². The van der Waals surface area contributed by atoms with Crippen LogP contribution in [0.4, 0.5) is 11.4 Å². The summed E-state index contributed by atoms with van der Waals surface area (Å²) in [4.78, 5) is 25.1. The minimum absolute atomic E-state index is 0.0417. The first-order chi connectivity index (χ1) is 16.1. The van der Waals surface area contributed by atoms with E-state index in [1.54, 1.807) is 63.2 Å². The summed E-state index contributed by atoms with van der Waals surface area (Å²) in [6.45, 7) is 4.99. The number of halogens is 1. The molecule has 3 aromatic rings. The van der Waals surface area contributed by atoms with E-state index < -0.39 is 28.4 Å². The van der Waals surface area contributed by atoms with Crippen molar-refractivity contribution in [1.29, 1.82) is 0 Å². The summed E-state index contributed by atoms with van der Waals surface area (Å²) in [7, 11) is -4.07. The normalized spacial score (nSPS) is 11.1. The summed E-state index contributed by atoms with van der Waals surface area (Å²) >= 11 is 6.25. The van der Waals surface area contributed by atoms with Crippen molar-refractivity contribution in [3.8, 4) is 0 Å². The van der Waals surface area contributed by atoms with Gasteiger partial charge in [-0.2, -0.15) is 0 Å². The highest BCUT2D eigenvalue weighted by molar-refractivity contribution is 7.92. The monoisotopic (exact) mass is 500 g/mol. The molecule has 0 radical (unpaired) electrons. The van der Waals surface area contributed by atoms with Gasteiger partial charge in [-0.3, -0.25) is 9.10 Å². The number of nitrogens with zero attached hydrogens (tertiary/aromatic N) is 1. The molecule has 0 fully saturated rings. The topological polar surface area (TPSA) is 92.8 Å². The smallest absolute Gasteiger partial charge is 0.338 e. The number of anilines is 2. The Morgan fingerprint density at radius 1 is 0.971 bits per heavy atom. The van der Waals surface area contributed by atoms with Crippen LogP contribution < -0.4 is 9.62 Å². The van der Waals surface area contributed by atoms with Gasteiger partial charge in [0.1, 0.15) is 6.54 Å². The number of benzene rings is 3. The molecule has 0 heterocycles. The van der Waals surface area contributed by atoms with Gasteiger partial charge >= 0.3 is 5.97 Å². The lowest BCUT2D eigenvalue weighted by Gasteiger charge is -2.25. The Hall–Kier alpha value is -3.36. The number of esters is 1. The number of aryl methyl sites for hydroxylation is 2. The lowest BCUT2D eigenvalue weighted by atomic mass is 10.1. The molecular formula is C25H25ClN2O5S. The van der Waals surface area contributed by atoms with Crippen LogP contribution in [0.5, 0.6) is 0 Å². The van der Waals surface area contributed by atoms with Crippen molar-refractivity contribution in [2.24, 2.45) is 0 Å². The first-order valence-corrected chi connectivity index (χ1v) is 12.4. The molecule has 0 aliphatic heterocycles. The lowest BCUT2D eigenvalue weighted by molar-refractivity contribution is -0.114. The minimum Gasteiger partial charge on any atom is -0.462 e. The minimum atomic E-state index is -4.07. The maximum atomic E-state index is 13.4. The Kier molecular flexibility index (Phi) is 7.96. The van der Waals surface area contributed by atoms with Crippen LogP contribution in [-0.2, 0) is 19.6 Å². The fourth-order valence-corrected chi connectivity index (χ4v) is 4.80. The van der Waals surface area contributed by atoms with Crippen molar-refractivity contribution in [1.82, 2.24) is 0 Å². The summed E-state index contributed by atoms with van der Waals surface area (Å²) in [6, 6.07) is 17.4. The number of hydrogen-bond acceptors (Lipinski definition) is 5. The molecule has 0 bridgehead atoms. The Labute approximate surface area is 204 Å². The van der Waals surface area contributed by atoms with Gasteiger partial charge in [-0.25, -0.2) is 13.2 Å². The van der Waals surface area contributed by atoms with Crippen molar-refractivity contribution in [2.45, 2.75) is 25.7 Å². The maximum absolute atomic E-state index is 13.4. The maximum Gasteiger partial charge on any atom is 0.338 e. The van der Waals surface area contributed by atoms with Crippen LogP contribution >= 0.6 is 11.6 Å². The van der Waals surface area contributed by atoms with Crippen LogP contribution in [0.25, 0.3) is 0 Å². The Bertz CT molecular complexity index is 1310. The Morgan fingerprint density at radius 2 is 1.65 bits per heavy atom. The zero-order chi connectivity index (χ0) is 24.9. The molecule has 1 N–H and O–H groups in total. The summed E-state index contributed by atoms with van der Waals surface area (Å²) in [6.07, 6.45) is 0. The third kappa shape index (κ3) is 5.76. The molecule has 0 aliphatic rings. The molecule has 3 aromatic carbocycles. The summed E-state index contributed by atoms with van der Waals surface area (Å²) in [5, 5.41) is 3.09. The molecule has 1 amide bonds. The highest BCUT2D eigenvalue weighted by Crippen LogP contribution is 2.28. The van der Waals surface area contributed by atoms with Crippen LogP contribution in [0.1, 0.15) is 28.4 Å². The van der Waals surface area contributed by atoms with E-state index in [2.05, 4.69) is 5.32 Å². The van der Waals surface area contributed by atoms with Crippen LogP contribution in [0.2, 0.25) is 5.02 Å². The quantitative estimate of drug-likeness (QED) is 0.441. The summed E-state index contributed by atoms with van der Waals surface area (Å²) < 4.78 is 32.9. The second-order valence-corrected chi connectivity index (χ2v) is 9.83. The fourth-order valence-electron chi connectivity index (χ4n) is 3.19. The highest BCUT2D eigenvalue weighted by Gasteiger charge is 2.27. The van der Waals surface area contributed by atoms with Crippen LogP contribution in [-0.4, -0.2) is 33.4 Å². The first kappa shape index (κ1) is 25.3. The molecule has 0 aliphatic carbocycles. The van der Waals surface area contributed by atoms with Crippen LogP contribution in [0, 0.1) is 13.8 Å². The molecule has 3 rings (SSSR count). The molecule has 0 saturated heterocycles. The van der Waals surface area contributed by atoms with Gasteiger partial charge in [0.2, 0.25) is 5.91 Å². The second kappa shape index (κ2) is 10.7. The van der Waals surface area contributed by atoms with Crippen LogP contribution in [0.15, 0.2) is 71.6 Å². The van der Waals surface area contributed by atoms with Gasteiger partial charge in [0.15, 0.2) is 0 Å². The average Bonchev–Trinajstić information content (AvgIpc) is 2.81. The Morgan fingerprint density at radius 3 is 2.29 bits per heavy atom. The number of rotatable bonds is 8. The van der Waals surface area contributed by atoms with Crippen molar-refractivity contribution in [3.05, 3.63) is 88.4 Å². The highest BCUT2D eigenvalue weighted by atomic mass is 35.5.